The third-order valence-electron chi connectivity index (χ3n) is 4.31. The molecule has 5 nitrogen and oxygen atoms in total. The minimum Gasteiger partial charge on any atom is -0.353 e. The average molecular weight is 342 g/mol. The highest BCUT2D eigenvalue weighted by atomic mass is 19.1. The maximum absolute atomic E-state index is 13.9. The van der Waals surface area contributed by atoms with Gasteiger partial charge in [-0.25, -0.2) is 9.37 Å². The Labute approximate surface area is 147 Å². The van der Waals surface area contributed by atoms with Crippen molar-refractivity contribution in [2.45, 2.75) is 19.9 Å². The van der Waals surface area contributed by atoms with Crippen molar-refractivity contribution in [2.75, 3.05) is 36.4 Å². The van der Waals surface area contributed by atoms with Crippen molar-refractivity contribution in [3.05, 3.63) is 54.0 Å². The van der Waals surface area contributed by atoms with Gasteiger partial charge in [0.05, 0.1) is 0 Å². The molecule has 2 aromatic rings. The standard InChI is InChI=1S/C19H23FN4O/c1-15(25)22-17-7-5-16(6-8-17)14-23-10-3-11-24(13-12-23)19-18(20)4-2-9-21-19/h2,4-9H,3,10-14H2,1H3,(H,22,25). The summed E-state index contributed by atoms with van der Waals surface area (Å²) in [6.45, 7) is 5.76. The molecule has 1 N–H and O–H groups in total. The number of nitrogens with one attached hydrogen (secondary N) is 1. The van der Waals surface area contributed by atoms with Crippen molar-refractivity contribution in [1.82, 2.24) is 9.88 Å². The van der Waals surface area contributed by atoms with E-state index in [1.54, 1.807) is 12.3 Å². The predicted octanol–water partition coefficient (Wildman–Crippen LogP) is 2.89. The summed E-state index contributed by atoms with van der Waals surface area (Å²) in [6, 6.07) is 11.0. The fourth-order valence-electron chi connectivity index (χ4n) is 3.11. The van der Waals surface area contributed by atoms with Gasteiger partial charge in [0, 0.05) is 51.5 Å². The molecule has 0 unspecified atom stereocenters. The Balaban J connectivity index is 1.58. The molecule has 0 saturated carbocycles. The molecule has 0 bridgehead atoms. The second-order valence-corrected chi connectivity index (χ2v) is 6.30. The second-order valence-electron chi connectivity index (χ2n) is 6.30. The topological polar surface area (TPSA) is 48.5 Å². The highest BCUT2D eigenvalue weighted by molar-refractivity contribution is 5.88. The Hall–Kier alpha value is -2.47. The molecule has 0 atom stereocenters. The lowest BCUT2D eigenvalue weighted by Crippen LogP contribution is -2.31. The number of pyridine rings is 1. The summed E-state index contributed by atoms with van der Waals surface area (Å²) in [5.74, 6) is 0.121. The van der Waals surface area contributed by atoms with Crippen molar-refractivity contribution < 1.29 is 9.18 Å². The number of hydrogen-bond donors (Lipinski definition) is 1. The van der Waals surface area contributed by atoms with Crippen LogP contribution in [0.1, 0.15) is 18.9 Å². The number of benzene rings is 1. The summed E-state index contributed by atoms with van der Waals surface area (Å²) in [6.07, 6.45) is 2.61. The van der Waals surface area contributed by atoms with E-state index in [1.165, 1.54) is 18.6 Å². The average Bonchev–Trinajstić information content (AvgIpc) is 2.82. The van der Waals surface area contributed by atoms with Gasteiger partial charge in [-0.05, 0) is 36.2 Å². The first-order chi connectivity index (χ1) is 12.1. The Bertz CT molecular complexity index is 720. The SMILES string of the molecule is CC(=O)Nc1ccc(CN2CCCN(c3ncccc3F)CC2)cc1. The summed E-state index contributed by atoms with van der Waals surface area (Å²) in [7, 11) is 0. The number of carbonyl (C=O) groups is 1. The van der Waals surface area contributed by atoms with E-state index in [2.05, 4.69) is 15.2 Å². The molecule has 2 heterocycles. The minimum atomic E-state index is -0.260. The van der Waals surface area contributed by atoms with Gasteiger partial charge in [-0.1, -0.05) is 12.1 Å². The van der Waals surface area contributed by atoms with Crippen LogP contribution < -0.4 is 10.2 Å². The molecule has 0 spiro atoms. The molecule has 3 rings (SSSR count). The number of amides is 1. The quantitative estimate of drug-likeness (QED) is 0.928. The van der Waals surface area contributed by atoms with Crippen molar-refractivity contribution >= 4 is 17.4 Å². The Kier molecular flexibility index (Phi) is 5.60. The van der Waals surface area contributed by atoms with Crippen LogP contribution in [0.15, 0.2) is 42.6 Å². The minimum absolute atomic E-state index is 0.0675. The van der Waals surface area contributed by atoms with Crippen molar-refractivity contribution in [3.8, 4) is 0 Å². The molecule has 1 aliphatic rings. The zero-order valence-electron chi connectivity index (χ0n) is 14.4. The van der Waals surface area contributed by atoms with E-state index < -0.39 is 0 Å². The van der Waals surface area contributed by atoms with Crippen LogP contribution >= 0.6 is 0 Å². The second kappa shape index (κ2) is 8.07. The summed E-state index contributed by atoms with van der Waals surface area (Å²) < 4.78 is 13.9. The van der Waals surface area contributed by atoms with Crippen LogP contribution in [0.5, 0.6) is 0 Å². The Morgan fingerprint density at radius 2 is 1.96 bits per heavy atom. The number of nitrogens with zero attached hydrogens (tertiary/aromatic N) is 3. The molecule has 1 fully saturated rings. The fraction of sp³-hybridized carbons (Fsp3) is 0.368. The highest BCUT2D eigenvalue weighted by Gasteiger charge is 2.18. The van der Waals surface area contributed by atoms with Gasteiger partial charge in [0.15, 0.2) is 11.6 Å². The third kappa shape index (κ3) is 4.76. The van der Waals surface area contributed by atoms with Crippen LogP contribution in [0.2, 0.25) is 0 Å². The normalized spacial score (nSPS) is 15.7. The van der Waals surface area contributed by atoms with Gasteiger partial charge in [0.1, 0.15) is 0 Å². The molecular formula is C19H23FN4O. The molecule has 1 amide bonds. The van der Waals surface area contributed by atoms with E-state index in [0.29, 0.717) is 5.82 Å². The number of rotatable bonds is 4. The molecule has 25 heavy (non-hydrogen) atoms. The Morgan fingerprint density at radius 3 is 2.68 bits per heavy atom. The zero-order valence-corrected chi connectivity index (χ0v) is 14.4. The lowest BCUT2D eigenvalue weighted by molar-refractivity contribution is -0.114. The number of carbonyl (C=O) groups excluding carboxylic acids is 1. The van der Waals surface area contributed by atoms with Crippen molar-refractivity contribution in [2.24, 2.45) is 0 Å². The monoisotopic (exact) mass is 342 g/mol. The maximum atomic E-state index is 13.9. The van der Waals surface area contributed by atoms with Crippen LogP contribution in [0.4, 0.5) is 15.9 Å². The molecule has 1 saturated heterocycles. The lowest BCUT2D eigenvalue weighted by atomic mass is 10.2. The maximum Gasteiger partial charge on any atom is 0.221 e. The lowest BCUT2D eigenvalue weighted by Gasteiger charge is -2.23. The molecule has 1 aliphatic heterocycles. The van der Waals surface area contributed by atoms with Gasteiger partial charge in [0.25, 0.3) is 0 Å². The van der Waals surface area contributed by atoms with E-state index in [1.807, 2.05) is 29.2 Å². The summed E-state index contributed by atoms with van der Waals surface area (Å²) >= 11 is 0. The molecule has 6 heteroatoms. The van der Waals surface area contributed by atoms with E-state index in [0.717, 1.165) is 44.8 Å². The predicted molar refractivity (Wildman–Crippen MR) is 97.0 cm³/mol. The number of halogens is 1. The molecule has 1 aromatic carbocycles. The summed E-state index contributed by atoms with van der Waals surface area (Å²) in [4.78, 5) is 19.6. The largest absolute Gasteiger partial charge is 0.353 e. The number of hydrogen-bond acceptors (Lipinski definition) is 4. The van der Waals surface area contributed by atoms with Crippen LogP contribution in [-0.2, 0) is 11.3 Å². The van der Waals surface area contributed by atoms with Gasteiger partial charge in [0.2, 0.25) is 5.91 Å². The fourth-order valence-corrected chi connectivity index (χ4v) is 3.11. The first-order valence-electron chi connectivity index (χ1n) is 8.56. The number of aromatic nitrogens is 1. The molecule has 132 valence electrons. The molecule has 0 radical (unpaired) electrons. The molecule has 1 aromatic heterocycles. The van der Waals surface area contributed by atoms with Gasteiger partial charge in [-0.2, -0.15) is 0 Å². The van der Waals surface area contributed by atoms with Crippen LogP contribution in [0.25, 0.3) is 0 Å². The van der Waals surface area contributed by atoms with Gasteiger partial charge >= 0.3 is 0 Å². The van der Waals surface area contributed by atoms with Gasteiger partial charge in [-0.3, -0.25) is 9.69 Å². The van der Waals surface area contributed by atoms with Crippen LogP contribution in [-0.4, -0.2) is 42.0 Å². The first kappa shape index (κ1) is 17.4. The van der Waals surface area contributed by atoms with E-state index >= 15 is 0 Å². The molecule has 0 aliphatic carbocycles. The van der Waals surface area contributed by atoms with E-state index in [4.69, 9.17) is 0 Å². The van der Waals surface area contributed by atoms with Gasteiger partial charge < -0.3 is 10.2 Å². The zero-order chi connectivity index (χ0) is 17.6. The smallest absolute Gasteiger partial charge is 0.221 e. The highest BCUT2D eigenvalue weighted by Crippen LogP contribution is 2.18. The number of anilines is 2. The van der Waals surface area contributed by atoms with Crippen molar-refractivity contribution in [3.63, 3.8) is 0 Å². The van der Waals surface area contributed by atoms with Gasteiger partial charge in [-0.15, -0.1) is 0 Å². The first-order valence-corrected chi connectivity index (χ1v) is 8.56. The van der Waals surface area contributed by atoms with E-state index in [9.17, 15) is 9.18 Å². The van der Waals surface area contributed by atoms with Crippen molar-refractivity contribution in [1.29, 1.82) is 0 Å². The molecular weight excluding hydrogens is 319 g/mol. The summed E-state index contributed by atoms with van der Waals surface area (Å²) in [5.41, 5.74) is 2.01. The van der Waals surface area contributed by atoms with Crippen LogP contribution in [0, 0.1) is 5.82 Å². The Morgan fingerprint density at radius 1 is 1.16 bits per heavy atom. The van der Waals surface area contributed by atoms with Crippen LogP contribution in [0.3, 0.4) is 0 Å². The van der Waals surface area contributed by atoms with E-state index in [-0.39, 0.29) is 11.7 Å². The summed E-state index contributed by atoms with van der Waals surface area (Å²) in [5, 5.41) is 2.77. The third-order valence-corrected chi connectivity index (χ3v) is 4.31.